The lowest BCUT2D eigenvalue weighted by molar-refractivity contribution is 0.325. The molecule has 0 radical (unpaired) electrons. The van der Waals surface area contributed by atoms with Gasteiger partial charge in [0.05, 0.1) is 25.0 Å². The van der Waals surface area contributed by atoms with Crippen LogP contribution in [-0.4, -0.2) is 35.7 Å². The van der Waals surface area contributed by atoms with E-state index >= 15 is 0 Å². The van der Waals surface area contributed by atoms with E-state index in [2.05, 4.69) is 20.6 Å². The molecule has 5 heteroatoms. The highest BCUT2D eigenvalue weighted by atomic mass is 16.5. The van der Waals surface area contributed by atoms with E-state index in [0.29, 0.717) is 18.5 Å². The van der Waals surface area contributed by atoms with E-state index in [4.69, 9.17) is 4.74 Å². The molecule has 1 aromatic rings. The van der Waals surface area contributed by atoms with E-state index in [1.54, 1.807) is 12.4 Å². The summed E-state index contributed by atoms with van der Waals surface area (Å²) >= 11 is 0. The molecule has 2 N–H and O–H groups in total. The summed E-state index contributed by atoms with van der Waals surface area (Å²) in [4.78, 5) is 8.30. The molecule has 2 rings (SSSR count). The van der Waals surface area contributed by atoms with Crippen molar-refractivity contribution in [2.24, 2.45) is 0 Å². The van der Waals surface area contributed by atoms with Gasteiger partial charge in [0, 0.05) is 13.1 Å². The van der Waals surface area contributed by atoms with Crippen molar-refractivity contribution in [1.29, 1.82) is 0 Å². The van der Waals surface area contributed by atoms with Crippen molar-refractivity contribution >= 4 is 5.82 Å². The molecular formula is C9H14N4O. The zero-order valence-electron chi connectivity index (χ0n) is 8.16. The summed E-state index contributed by atoms with van der Waals surface area (Å²) in [6.45, 7) is 4.52. The minimum absolute atomic E-state index is 0.473. The number of nitrogens with zero attached hydrogens (tertiary/aromatic N) is 2. The molecule has 1 fully saturated rings. The van der Waals surface area contributed by atoms with Crippen LogP contribution in [0.15, 0.2) is 12.4 Å². The number of hydrogen-bond donors (Lipinski definition) is 2. The van der Waals surface area contributed by atoms with Crippen molar-refractivity contribution < 1.29 is 4.74 Å². The van der Waals surface area contributed by atoms with Crippen molar-refractivity contribution in [2.75, 3.05) is 25.0 Å². The highest BCUT2D eigenvalue weighted by Crippen LogP contribution is 2.10. The average Bonchev–Trinajstić information content (AvgIpc) is 2.13. The van der Waals surface area contributed by atoms with Crippen molar-refractivity contribution in [2.45, 2.75) is 13.0 Å². The van der Waals surface area contributed by atoms with Gasteiger partial charge in [-0.2, -0.15) is 4.98 Å². The Balaban J connectivity index is 1.97. The van der Waals surface area contributed by atoms with Gasteiger partial charge in [-0.3, -0.25) is 4.98 Å². The van der Waals surface area contributed by atoms with E-state index in [0.717, 1.165) is 18.9 Å². The van der Waals surface area contributed by atoms with Crippen LogP contribution < -0.4 is 15.4 Å². The van der Waals surface area contributed by atoms with Crippen molar-refractivity contribution in [3.05, 3.63) is 12.4 Å². The van der Waals surface area contributed by atoms with Crippen LogP contribution in [0.5, 0.6) is 5.88 Å². The summed E-state index contributed by atoms with van der Waals surface area (Å²) in [5.74, 6) is 1.35. The highest BCUT2D eigenvalue weighted by Gasteiger charge is 2.16. The van der Waals surface area contributed by atoms with Gasteiger partial charge in [-0.25, -0.2) is 0 Å². The molecule has 1 aliphatic rings. The zero-order valence-corrected chi connectivity index (χ0v) is 8.16. The fourth-order valence-corrected chi connectivity index (χ4v) is 1.23. The summed E-state index contributed by atoms with van der Waals surface area (Å²) in [6, 6.07) is 0.473. The van der Waals surface area contributed by atoms with Gasteiger partial charge in [0.1, 0.15) is 5.82 Å². The Morgan fingerprint density at radius 3 is 3.07 bits per heavy atom. The van der Waals surface area contributed by atoms with Gasteiger partial charge in [0.25, 0.3) is 0 Å². The van der Waals surface area contributed by atoms with Crippen molar-refractivity contribution in [1.82, 2.24) is 15.3 Å². The summed E-state index contributed by atoms with van der Waals surface area (Å²) in [7, 11) is 0. The topological polar surface area (TPSA) is 59.1 Å². The lowest BCUT2D eigenvalue weighted by atomic mass is 10.2. The third-order valence-corrected chi connectivity index (χ3v) is 2.04. The molecule has 76 valence electrons. The number of aromatic nitrogens is 2. The fourth-order valence-electron chi connectivity index (χ4n) is 1.23. The molecule has 5 nitrogen and oxygen atoms in total. The smallest absolute Gasteiger partial charge is 0.234 e. The fraction of sp³-hybridized carbons (Fsp3) is 0.556. The first-order valence-electron chi connectivity index (χ1n) is 4.80. The molecule has 14 heavy (non-hydrogen) atoms. The minimum atomic E-state index is 0.473. The van der Waals surface area contributed by atoms with Crippen LogP contribution >= 0.6 is 0 Å². The molecule has 0 spiro atoms. The molecule has 1 aromatic heterocycles. The summed E-state index contributed by atoms with van der Waals surface area (Å²) in [5, 5.41) is 6.44. The lowest BCUT2D eigenvalue weighted by Gasteiger charge is -2.28. The quantitative estimate of drug-likeness (QED) is 0.720. The Kier molecular flexibility index (Phi) is 2.78. The van der Waals surface area contributed by atoms with Crippen molar-refractivity contribution in [3.8, 4) is 5.88 Å². The molecule has 0 aromatic carbocycles. The first-order valence-corrected chi connectivity index (χ1v) is 4.80. The average molecular weight is 194 g/mol. The number of hydrogen-bond acceptors (Lipinski definition) is 5. The Labute approximate surface area is 82.9 Å². The third kappa shape index (κ3) is 2.11. The summed E-state index contributed by atoms with van der Waals surface area (Å²) < 4.78 is 5.25. The van der Waals surface area contributed by atoms with Crippen LogP contribution in [0.1, 0.15) is 6.92 Å². The number of ether oxygens (including phenoxy) is 1. The Morgan fingerprint density at radius 1 is 1.57 bits per heavy atom. The summed E-state index contributed by atoms with van der Waals surface area (Å²) in [5.41, 5.74) is 0. The molecule has 0 aliphatic carbocycles. The van der Waals surface area contributed by atoms with E-state index in [-0.39, 0.29) is 0 Å². The maximum atomic E-state index is 5.25. The molecule has 1 saturated heterocycles. The molecular weight excluding hydrogens is 180 g/mol. The molecule has 0 atom stereocenters. The molecule has 0 unspecified atom stereocenters. The van der Waals surface area contributed by atoms with Gasteiger partial charge in [-0.05, 0) is 6.92 Å². The maximum Gasteiger partial charge on any atom is 0.234 e. The molecule has 0 amide bonds. The van der Waals surface area contributed by atoms with Crippen LogP contribution in [0.25, 0.3) is 0 Å². The first-order chi connectivity index (χ1) is 6.88. The number of nitrogens with one attached hydrogen (secondary N) is 2. The Morgan fingerprint density at radius 2 is 2.43 bits per heavy atom. The second kappa shape index (κ2) is 4.23. The van der Waals surface area contributed by atoms with E-state index in [9.17, 15) is 0 Å². The van der Waals surface area contributed by atoms with E-state index < -0.39 is 0 Å². The molecule has 1 aliphatic heterocycles. The third-order valence-electron chi connectivity index (χ3n) is 2.04. The highest BCUT2D eigenvalue weighted by molar-refractivity contribution is 5.35. The van der Waals surface area contributed by atoms with Gasteiger partial charge < -0.3 is 15.4 Å². The van der Waals surface area contributed by atoms with Gasteiger partial charge >= 0.3 is 0 Å². The molecule has 0 saturated carbocycles. The first kappa shape index (κ1) is 9.21. The van der Waals surface area contributed by atoms with Gasteiger partial charge in [0.2, 0.25) is 5.88 Å². The zero-order chi connectivity index (χ0) is 9.80. The normalized spacial score (nSPS) is 16.1. The van der Waals surface area contributed by atoms with Crippen LogP contribution in [0.4, 0.5) is 5.82 Å². The van der Waals surface area contributed by atoms with Crippen molar-refractivity contribution in [3.63, 3.8) is 0 Å². The second-order valence-corrected chi connectivity index (χ2v) is 3.18. The van der Waals surface area contributed by atoms with Crippen LogP contribution in [0.2, 0.25) is 0 Å². The SMILES string of the molecule is CCOc1cncc(NC2CNC2)n1. The lowest BCUT2D eigenvalue weighted by Crippen LogP contribution is -2.51. The standard InChI is InChI=1S/C9H14N4O/c1-2-14-9-6-11-5-8(13-9)12-7-3-10-4-7/h5-7,10H,2-4H2,1H3,(H,12,13). The van der Waals surface area contributed by atoms with Crippen LogP contribution in [0, 0.1) is 0 Å². The monoisotopic (exact) mass is 194 g/mol. The number of anilines is 1. The van der Waals surface area contributed by atoms with E-state index in [1.165, 1.54) is 0 Å². The predicted molar refractivity (Wildman–Crippen MR) is 53.5 cm³/mol. The van der Waals surface area contributed by atoms with Crippen LogP contribution in [0.3, 0.4) is 0 Å². The maximum absolute atomic E-state index is 5.25. The summed E-state index contributed by atoms with van der Waals surface area (Å²) in [6.07, 6.45) is 3.33. The molecule has 0 bridgehead atoms. The van der Waals surface area contributed by atoms with Gasteiger partial charge in [-0.1, -0.05) is 0 Å². The van der Waals surface area contributed by atoms with Gasteiger partial charge in [-0.15, -0.1) is 0 Å². The Hall–Kier alpha value is -1.36. The van der Waals surface area contributed by atoms with Crippen LogP contribution in [-0.2, 0) is 0 Å². The van der Waals surface area contributed by atoms with Gasteiger partial charge in [0.15, 0.2) is 0 Å². The largest absolute Gasteiger partial charge is 0.477 e. The Bertz CT molecular complexity index is 301. The second-order valence-electron chi connectivity index (χ2n) is 3.18. The number of rotatable bonds is 4. The van der Waals surface area contributed by atoms with E-state index in [1.807, 2.05) is 6.92 Å². The predicted octanol–water partition coefficient (Wildman–Crippen LogP) is 0.259. The minimum Gasteiger partial charge on any atom is -0.477 e. The molecule has 2 heterocycles.